The standard InChI is InChI=1S/C26H29N3O5S/c1-3-18-34-22-16-14-21(15-17-22)19-27-28-26(30)20-29(24-12-8-9-13-25(24)33-4-2)35(31,32)23-10-6-5-7-11-23/h5-17,19H,3-4,18,20H2,1-2H3,(H,28,30)/b27-19+. The van der Waals surface area contributed by atoms with Crippen molar-refractivity contribution in [1.29, 1.82) is 0 Å². The lowest BCUT2D eigenvalue weighted by Gasteiger charge is -2.25. The number of hydrogen-bond donors (Lipinski definition) is 1. The molecule has 0 aromatic heterocycles. The molecule has 0 heterocycles. The van der Waals surface area contributed by atoms with E-state index in [1.807, 2.05) is 31.2 Å². The Morgan fingerprint density at radius 2 is 1.63 bits per heavy atom. The molecule has 0 radical (unpaired) electrons. The van der Waals surface area contributed by atoms with E-state index in [2.05, 4.69) is 10.5 Å². The van der Waals surface area contributed by atoms with Gasteiger partial charge in [-0.2, -0.15) is 5.10 Å². The van der Waals surface area contributed by atoms with E-state index in [1.165, 1.54) is 18.3 Å². The highest BCUT2D eigenvalue weighted by molar-refractivity contribution is 7.92. The van der Waals surface area contributed by atoms with Gasteiger partial charge in [-0.3, -0.25) is 9.10 Å². The van der Waals surface area contributed by atoms with Gasteiger partial charge in [0, 0.05) is 0 Å². The molecule has 0 aliphatic heterocycles. The molecule has 0 atom stereocenters. The zero-order valence-corrected chi connectivity index (χ0v) is 20.6. The fourth-order valence-corrected chi connectivity index (χ4v) is 4.63. The number of benzene rings is 3. The van der Waals surface area contributed by atoms with E-state index in [0.29, 0.717) is 19.0 Å². The number of anilines is 1. The molecule has 1 amide bonds. The lowest BCUT2D eigenvalue weighted by Crippen LogP contribution is -2.39. The Bertz CT molecular complexity index is 1230. The van der Waals surface area contributed by atoms with Crippen molar-refractivity contribution < 1.29 is 22.7 Å². The highest BCUT2D eigenvalue weighted by atomic mass is 32.2. The van der Waals surface area contributed by atoms with Crippen LogP contribution in [0.25, 0.3) is 0 Å². The van der Waals surface area contributed by atoms with Gasteiger partial charge in [0.1, 0.15) is 18.0 Å². The van der Waals surface area contributed by atoms with Crippen LogP contribution < -0.4 is 19.2 Å². The summed E-state index contributed by atoms with van der Waals surface area (Å²) in [6, 6.07) is 21.9. The number of para-hydroxylation sites is 2. The summed E-state index contributed by atoms with van der Waals surface area (Å²) >= 11 is 0. The van der Waals surface area contributed by atoms with Crippen molar-refractivity contribution in [3.63, 3.8) is 0 Å². The maximum absolute atomic E-state index is 13.5. The molecule has 3 aromatic rings. The summed E-state index contributed by atoms with van der Waals surface area (Å²) < 4.78 is 39.1. The van der Waals surface area contributed by atoms with Crippen LogP contribution in [0, 0.1) is 0 Å². The van der Waals surface area contributed by atoms with E-state index in [4.69, 9.17) is 9.47 Å². The van der Waals surface area contributed by atoms with E-state index < -0.39 is 22.5 Å². The lowest BCUT2D eigenvalue weighted by molar-refractivity contribution is -0.119. The van der Waals surface area contributed by atoms with Crippen molar-refractivity contribution in [2.45, 2.75) is 25.2 Å². The third-order valence-corrected chi connectivity index (χ3v) is 6.58. The Morgan fingerprint density at radius 3 is 2.31 bits per heavy atom. The third-order valence-electron chi connectivity index (χ3n) is 4.81. The average molecular weight is 496 g/mol. The summed E-state index contributed by atoms with van der Waals surface area (Å²) in [6.07, 6.45) is 2.40. The Balaban J connectivity index is 1.79. The van der Waals surface area contributed by atoms with E-state index in [0.717, 1.165) is 22.0 Å². The minimum absolute atomic E-state index is 0.0629. The number of nitrogens with one attached hydrogen (secondary N) is 1. The van der Waals surface area contributed by atoms with Gasteiger partial charge in [-0.05, 0) is 67.4 Å². The van der Waals surface area contributed by atoms with Crippen molar-refractivity contribution in [1.82, 2.24) is 5.43 Å². The summed E-state index contributed by atoms with van der Waals surface area (Å²) in [6.45, 7) is 4.33. The first kappa shape index (κ1) is 25.8. The monoisotopic (exact) mass is 495 g/mol. The topological polar surface area (TPSA) is 97.3 Å². The van der Waals surface area contributed by atoms with Crippen molar-refractivity contribution >= 4 is 27.8 Å². The highest BCUT2D eigenvalue weighted by Crippen LogP contribution is 2.32. The molecule has 0 unspecified atom stereocenters. The minimum Gasteiger partial charge on any atom is -0.494 e. The second-order valence-corrected chi connectivity index (χ2v) is 9.30. The molecule has 8 nitrogen and oxygen atoms in total. The number of carbonyl (C=O) groups excluding carboxylic acids is 1. The fraction of sp³-hybridized carbons (Fsp3) is 0.231. The van der Waals surface area contributed by atoms with Crippen LogP contribution in [-0.4, -0.2) is 40.3 Å². The van der Waals surface area contributed by atoms with Gasteiger partial charge < -0.3 is 9.47 Å². The summed E-state index contributed by atoms with van der Waals surface area (Å²) in [4.78, 5) is 12.8. The maximum atomic E-state index is 13.5. The molecule has 0 spiro atoms. The molecule has 3 rings (SSSR count). The molecule has 3 aromatic carbocycles. The van der Waals surface area contributed by atoms with Crippen LogP contribution >= 0.6 is 0 Å². The van der Waals surface area contributed by atoms with Gasteiger partial charge in [-0.15, -0.1) is 0 Å². The van der Waals surface area contributed by atoms with Gasteiger partial charge in [0.15, 0.2) is 0 Å². The number of nitrogens with zero attached hydrogens (tertiary/aromatic N) is 2. The first-order valence-electron chi connectivity index (χ1n) is 11.3. The molecule has 0 bridgehead atoms. The van der Waals surface area contributed by atoms with Crippen LogP contribution in [0.3, 0.4) is 0 Å². The number of rotatable bonds is 12. The van der Waals surface area contributed by atoms with Crippen molar-refractivity contribution in [2.24, 2.45) is 5.10 Å². The maximum Gasteiger partial charge on any atom is 0.264 e. The molecule has 0 saturated heterocycles. The summed E-state index contributed by atoms with van der Waals surface area (Å²) in [5.74, 6) is 0.508. The third kappa shape index (κ3) is 7.07. The minimum atomic E-state index is -4.05. The van der Waals surface area contributed by atoms with Crippen LogP contribution in [0.2, 0.25) is 0 Å². The molecular weight excluding hydrogens is 466 g/mol. The van der Waals surface area contributed by atoms with Crippen molar-refractivity contribution in [2.75, 3.05) is 24.1 Å². The Hall–Kier alpha value is -3.85. The predicted molar refractivity (Wildman–Crippen MR) is 137 cm³/mol. The molecule has 9 heteroatoms. The summed E-state index contributed by atoms with van der Waals surface area (Å²) in [7, 11) is -4.05. The Labute approximate surface area is 206 Å². The molecule has 0 aliphatic carbocycles. The van der Waals surface area contributed by atoms with Gasteiger partial charge in [-0.25, -0.2) is 13.8 Å². The second kappa shape index (κ2) is 12.6. The highest BCUT2D eigenvalue weighted by Gasteiger charge is 2.29. The predicted octanol–water partition coefficient (Wildman–Crippen LogP) is 4.22. The van der Waals surface area contributed by atoms with Crippen LogP contribution in [0.1, 0.15) is 25.8 Å². The zero-order valence-electron chi connectivity index (χ0n) is 19.8. The molecule has 0 aliphatic rings. The lowest BCUT2D eigenvalue weighted by atomic mass is 10.2. The SMILES string of the molecule is CCCOc1ccc(/C=N/NC(=O)CN(c2ccccc2OCC)S(=O)(=O)c2ccccc2)cc1. The molecular formula is C26H29N3O5S. The molecule has 35 heavy (non-hydrogen) atoms. The fourth-order valence-electron chi connectivity index (χ4n) is 3.17. The van der Waals surface area contributed by atoms with E-state index in [-0.39, 0.29) is 10.6 Å². The quantitative estimate of drug-likeness (QED) is 0.300. The Kier molecular flexibility index (Phi) is 9.25. The first-order chi connectivity index (χ1) is 17.0. The largest absolute Gasteiger partial charge is 0.494 e. The molecule has 0 fully saturated rings. The number of sulfonamides is 1. The summed E-state index contributed by atoms with van der Waals surface area (Å²) in [5, 5.41) is 3.98. The van der Waals surface area contributed by atoms with Crippen molar-refractivity contribution in [3.05, 3.63) is 84.4 Å². The average Bonchev–Trinajstić information content (AvgIpc) is 2.88. The smallest absolute Gasteiger partial charge is 0.264 e. The molecule has 0 saturated carbocycles. The second-order valence-electron chi connectivity index (χ2n) is 7.44. The molecule has 184 valence electrons. The first-order valence-corrected chi connectivity index (χ1v) is 12.7. The van der Waals surface area contributed by atoms with Crippen LogP contribution in [-0.2, 0) is 14.8 Å². The number of carbonyl (C=O) groups is 1. The number of ether oxygens (including phenoxy) is 2. The van der Waals surface area contributed by atoms with Gasteiger partial charge in [0.25, 0.3) is 15.9 Å². The number of amides is 1. The number of hydrazone groups is 1. The summed E-state index contributed by atoms with van der Waals surface area (Å²) in [5.41, 5.74) is 3.43. The number of hydrogen-bond acceptors (Lipinski definition) is 6. The van der Waals surface area contributed by atoms with Gasteiger partial charge in [-0.1, -0.05) is 37.3 Å². The van der Waals surface area contributed by atoms with Gasteiger partial charge in [0.05, 0.1) is 30.0 Å². The van der Waals surface area contributed by atoms with Gasteiger partial charge in [0.2, 0.25) is 0 Å². The van der Waals surface area contributed by atoms with E-state index in [9.17, 15) is 13.2 Å². The van der Waals surface area contributed by atoms with E-state index in [1.54, 1.807) is 49.4 Å². The Morgan fingerprint density at radius 1 is 0.943 bits per heavy atom. The van der Waals surface area contributed by atoms with Crippen LogP contribution in [0.15, 0.2) is 88.9 Å². The molecule has 1 N–H and O–H groups in total. The van der Waals surface area contributed by atoms with Crippen LogP contribution in [0.5, 0.6) is 11.5 Å². The normalized spacial score (nSPS) is 11.3. The van der Waals surface area contributed by atoms with Gasteiger partial charge >= 0.3 is 0 Å². The zero-order chi connectivity index (χ0) is 25.1. The van der Waals surface area contributed by atoms with Crippen molar-refractivity contribution in [3.8, 4) is 11.5 Å². The van der Waals surface area contributed by atoms with E-state index >= 15 is 0 Å². The van der Waals surface area contributed by atoms with Crippen LogP contribution in [0.4, 0.5) is 5.69 Å².